The van der Waals surface area contributed by atoms with Crippen LogP contribution in [0, 0.1) is 5.82 Å². The maximum Gasteiger partial charge on any atom is 0.471 e. The molecule has 0 saturated carbocycles. The average molecular weight is 290 g/mol. The second-order valence-corrected chi connectivity index (χ2v) is 4.73. The summed E-state index contributed by atoms with van der Waals surface area (Å²) in [6.07, 6.45) is -4.32. The molecule has 1 aliphatic heterocycles. The molecule has 3 nitrogen and oxygen atoms in total. The van der Waals surface area contributed by atoms with Crippen LogP contribution < -0.4 is 10.6 Å². The van der Waals surface area contributed by atoms with Gasteiger partial charge in [-0.1, -0.05) is 12.1 Å². The Morgan fingerprint density at radius 1 is 1.25 bits per heavy atom. The lowest BCUT2D eigenvalue weighted by Gasteiger charge is -2.33. The first-order valence-corrected chi connectivity index (χ1v) is 6.22. The molecule has 7 heteroatoms. The van der Waals surface area contributed by atoms with Gasteiger partial charge in [-0.3, -0.25) is 4.79 Å². The Balaban J connectivity index is 2.13. The zero-order valence-electron chi connectivity index (χ0n) is 10.5. The van der Waals surface area contributed by atoms with Crippen molar-refractivity contribution >= 4 is 5.91 Å². The lowest BCUT2D eigenvalue weighted by Crippen LogP contribution is -2.53. The van der Waals surface area contributed by atoms with Crippen LogP contribution in [0.15, 0.2) is 24.3 Å². The van der Waals surface area contributed by atoms with E-state index in [1.807, 2.05) is 5.32 Å². The third-order valence-electron chi connectivity index (χ3n) is 3.35. The first kappa shape index (κ1) is 14.8. The Hall–Kier alpha value is -1.63. The van der Waals surface area contributed by atoms with Crippen LogP contribution in [0.1, 0.15) is 17.9 Å². The number of nitrogens with one attached hydrogen (secondary N) is 2. The topological polar surface area (TPSA) is 41.1 Å². The van der Waals surface area contributed by atoms with Crippen molar-refractivity contribution in [3.05, 3.63) is 35.6 Å². The van der Waals surface area contributed by atoms with Crippen molar-refractivity contribution in [1.29, 1.82) is 0 Å². The van der Waals surface area contributed by atoms with Gasteiger partial charge < -0.3 is 10.6 Å². The van der Waals surface area contributed by atoms with Crippen molar-refractivity contribution in [2.75, 3.05) is 13.1 Å². The molecule has 0 bridgehead atoms. The molecule has 1 aliphatic rings. The number of piperidine rings is 1. The van der Waals surface area contributed by atoms with Gasteiger partial charge in [0.15, 0.2) is 0 Å². The van der Waals surface area contributed by atoms with E-state index >= 15 is 0 Å². The third-order valence-corrected chi connectivity index (χ3v) is 3.35. The second-order valence-electron chi connectivity index (χ2n) is 4.73. The summed E-state index contributed by atoms with van der Waals surface area (Å²) in [5.74, 6) is -2.61. The van der Waals surface area contributed by atoms with Crippen molar-refractivity contribution < 1.29 is 22.4 Å². The summed E-state index contributed by atoms with van der Waals surface area (Å²) in [6, 6.07) is 4.94. The highest BCUT2D eigenvalue weighted by Gasteiger charge is 2.41. The summed E-state index contributed by atoms with van der Waals surface area (Å²) >= 11 is 0. The molecule has 2 N–H and O–H groups in total. The summed E-state index contributed by atoms with van der Waals surface area (Å²) in [6.45, 7) is 0.893. The van der Waals surface area contributed by atoms with Crippen LogP contribution in [-0.4, -0.2) is 31.2 Å². The van der Waals surface area contributed by atoms with Gasteiger partial charge in [0.05, 0.1) is 0 Å². The Morgan fingerprint density at radius 2 is 1.90 bits per heavy atom. The fourth-order valence-corrected chi connectivity index (χ4v) is 2.37. The number of alkyl halides is 3. The van der Waals surface area contributed by atoms with E-state index in [1.165, 1.54) is 24.3 Å². The highest BCUT2D eigenvalue weighted by atomic mass is 19.4. The highest BCUT2D eigenvalue weighted by molar-refractivity contribution is 5.82. The molecular formula is C13H14F4N2O. The van der Waals surface area contributed by atoms with E-state index in [4.69, 9.17) is 0 Å². The van der Waals surface area contributed by atoms with E-state index in [-0.39, 0.29) is 12.5 Å². The molecule has 1 saturated heterocycles. The SMILES string of the molecule is O=C(N[C@H]1CNCC[C@H]1c1ccc(F)cc1)C(F)(F)F. The zero-order chi connectivity index (χ0) is 14.8. The molecule has 1 amide bonds. The van der Waals surface area contributed by atoms with E-state index in [1.54, 1.807) is 0 Å². The molecule has 1 heterocycles. The van der Waals surface area contributed by atoms with Gasteiger partial charge in [0.25, 0.3) is 0 Å². The van der Waals surface area contributed by atoms with Crippen molar-refractivity contribution in [2.24, 2.45) is 0 Å². The van der Waals surface area contributed by atoms with Gasteiger partial charge >= 0.3 is 12.1 Å². The Kier molecular flexibility index (Phi) is 4.27. The van der Waals surface area contributed by atoms with Gasteiger partial charge in [0, 0.05) is 18.5 Å². The lowest BCUT2D eigenvalue weighted by molar-refractivity contribution is -0.174. The number of rotatable bonds is 2. The number of hydrogen-bond acceptors (Lipinski definition) is 2. The zero-order valence-corrected chi connectivity index (χ0v) is 10.5. The second kappa shape index (κ2) is 5.78. The fraction of sp³-hybridized carbons (Fsp3) is 0.462. The number of amides is 1. The van der Waals surface area contributed by atoms with Crippen molar-refractivity contribution in [2.45, 2.75) is 24.6 Å². The predicted molar refractivity (Wildman–Crippen MR) is 64.6 cm³/mol. The molecule has 0 spiro atoms. The largest absolute Gasteiger partial charge is 0.471 e. The average Bonchev–Trinajstić information content (AvgIpc) is 2.39. The van der Waals surface area contributed by atoms with Crippen LogP contribution in [0.2, 0.25) is 0 Å². The molecule has 0 aliphatic carbocycles. The molecule has 1 fully saturated rings. The first-order valence-electron chi connectivity index (χ1n) is 6.22. The number of hydrogen-bond donors (Lipinski definition) is 2. The number of carbonyl (C=O) groups is 1. The molecule has 2 atom stereocenters. The normalized spacial score (nSPS) is 23.4. The Labute approximate surface area is 113 Å². The molecule has 0 unspecified atom stereocenters. The summed E-state index contributed by atoms with van der Waals surface area (Å²) < 4.78 is 49.8. The molecular weight excluding hydrogens is 276 g/mol. The maximum absolute atomic E-state index is 12.9. The fourth-order valence-electron chi connectivity index (χ4n) is 2.37. The van der Waals surface area contributed by atoms with E-state index in [9.17, 15) is 22.4 Å². The van der Waals surface area contributed by atoms with E-state index in [2.05, 4.69) is 5.32 Å². The Morgan fingerprint density at radius 3 is 2.50 bits per heavy atom. The van der Waals surface area contributed by atoms with E-state index in [0.29, 0.717) is 13.0 Å². The van der Waals surface area contributed by atoms with Crippen LogP contribution in [0.3, 0.4) is 0 Å². The van der Waals surface area contributed by atoms with Crippen molar-refractivity contribution in [3.63, 3.8) is 0 Å². The van der Waals surface area contributed by atoms with Crippen LogP contribution in [0.5, 0.6) is 0 Å². The molecule has 110 valence electrons. The van der Waals surface area contributed by atoms with Crippen LogP contribution in [0.25, 0.3) is 0 Å². The van der Waals surface area contributed by atoms with Gasteiger partial charge in [0.2, 0.25) is 0 Å². The van der Waals surface area contributed by atoms with Crippen molar-refractivity contribution in [3.8, 4) is 0 Å². The standard InChI is InChI=1S/C13H14F4N2O/c14-9-3-1-8(2-4-9)10-5-6-18-7-11(10)19-12(20)13(15,16)17/h1-4,10-11,18H,5-7H2,(H,19,20)/t10-,11-/m0/s1. The maximum atomic E-state index is 12.9. The number of halogens is 4. The number of benzene rings is 1. The predicted octanol–water partition coefficient (Wildman–Crippen LogP) is 1.95. The van der Waals surface area contributed by atoms with Gasteiger partial charge in [0.1, 0.15) is 5.82 Å². The van der Waals surface area contributed by atoms with Gasteiger partial charge in [-0.25, -0.2) is 4.39 Å². The minimum Gasteiger partial charge on any atom is -0.344 e. The molecule has 1 aromatic carbocycles. The monoisotopic (exact) mass is 290 g/mol. The summed E-state index contributed by atoms with van der Waals surface area (Å²) in [5.41, 5.74) is 0.723. The Bertz CT molecular complexity index is 472. The summed E-state index contributed by atoms with van der Waals surface area (Å²) in [4.78, 5) is 11.0. The van der Waals surface area contributed by atoms with E-state index < -0.39 is 23.9 Å². The van der Waals surface area contributed by atoms with Crippen LogP contribution >= 0.6 is 0 Å². The molecule has 2 rings (SSSR count). The molecule has 1 aromatic rings. The molecule has 20 heavy (non-hydrogen) atoms. The first-order chi connectivity index (χ1) is 9.38. The smallest absolute Gasteiger partial charge is 0.344 e. The van der Waals surface area contributed by atoms with Gasteiger partial charge in [-0.05, 0) is 30.7 Å². The number of carbonyl (C=O) groups excluding carboxylic acids is 1. The van der Waals surface area contributed by atoms with Crippen molar-refractivity contribution in [1.82, 2.24) is 10.6 Å². The van der Waals surface area contributed by atoms with Crippen LogP contribution in [0.4, 0.5) is 17.6 Å². The summed E-state index contributed by atoms with van der Waals surface area (Å²) in [7, 11) is 0. The van der Waals surface area contributed by atoms with Gasteiger partial charge in [-0.2, -0.15) is 13.2 Å². The molecule has 0 aromatic heterocycles. The minimum atomic E-state index is -4.90. The lowest BCUT2D eigenvalue weighted by atomic mass is 9.86. The quantitative estimate of drug-likeness (QED) is 0.817. The van der Waals surface area contributed by atoms with Gasteiger partial charge in [-0.15, -0.1) is 0 Å². The third kappa shape index (κ3) is 3.47. The minimum absolute atomic E-state index is 0.254. The molecule has 0 radical (unpaired) electrons. The highest BCUT2D eigenvalue weighted by Crippen LogP contribution is 2.27. The summed E-state index contributed by atoms with van der Waals surface area (Å²) in [5, 5.41) is 4.95. The van der Waals surface area contributed by atoms with E-state index in [0.717, 1.165) is 5.56 Å². The van der Waals surface area contributed by atoms with Crippen LogP contribution in [-0.2, 0) is 4.79 Å².